The zero-order valence-electron chi connectivity index (χ0n) is 6.73. The maximum atomic E-state index is 5.75. The molecule has 0 aliphatic heterocycles. The van der Waals surface area contributed by atoms with Crippen molar-refractivity contribution in [1.82, 2.24) is 0 Å². The molecule has 0 bridgehead atoms. The predicted molar refractivity (Wildman–Crippen MR) is 45.7 cm³/mol. The second kappa shape index (κ2) is 2.70. The van der Waals surface area contributed by atoms with Crippen molar-refractivity contribution in [3.63, 3.8) is 0 Å². The summed E-state index contributed by atoms with van der Waals surface area (Å²) in [6.07, 6.45) is 0. The van der Waals surface area contributed by atoms with Gasteiger partial charge in [0.25, 0.3) is 0 Å². The number of benzene rings is 1. The third kappa shape index (κ3) is 1.37. The van der Waals surface area contributed by atoms with Crippen LogP contribution >= 0.6 is 0 Å². The number of rotatable bonds is 0. The Morgan fingerprint density at radius 2 is 1.90 bits per heavy atom. The van der Waals surface area contributed by atoms with Crippen LogP contribution in [0.25, 0.3) is 0 Å². The van der Waals surface area contributed by atoms with Crippen molar-refractivity contribution in [2.24, 2.45) is 0 Å². The molecule has 0 fully saturated rings. The summed E-state index contributed by atoms with van der Waals surface area (Å²) in [6.45, 7) is 4.12. The SMILES string of the molecule is [Li][c]1cc(C)cc(C)c1N. The molecule has 1 rings (SSSR count). The van der Waals surface area contributed by atoms with Crippen molar-refractivity contribution < 1.29 is 0 Å². The first-order valence-electron chi connectivity index (χ1n) is 3.44. The average molecular weight is 127 g/mol. The van der Waals surface area contributed by atoms with Crippen LogP contribution in [0.15, 0.2) is 12.1 Å². The van der Waals surface area contributed by atoms with E-state index in [1.54, 1.807) is 0 Å². The van der Waals surface area contributed by atoms with E-state index in [-0.39, 0.29) is 0 Å². The van der Waals surface area contributed by atoms with Gasteiger partial charge in [0.15, 0.2) is 0 Å². The van der Waals surface area contributed by atoms with Crippen LogP contribution in [0.4, 0.5) is 5.69 Å². The van der Waals surface area contributed by atoms with Crippen LogP contribution in [-0.2, 0) is 0 Å². The Balaban J connectivity index is 3.31. The number of hydrogen-bond donors (Lipinski definition) is 1. The Bertz CT molecular complexity index is 232. The molecule has 0 aliphatic carbocycles. The summed E-state index contributed by atoms with van der Waals surface area (Å²) in [5.74, 6) is 0. The predicted octanol–water partition coefficient (Wildman–Crippen LogP) is 0.679. The van der Waals surface area contributed by atoms with E-state index in [4.69, 9.17) is 5.73 Å². The van der Waals surface area contributed by atoms with Crippen molar-refractivity contribution in [2.45, 2.75) is 13.8 Å². The first-order chi connectivity index (χ1) is 4.61. The van der Waals surface area contributed by atoms with Crippen LogP contribution in [0.1, 0.15) is 11.1 Å². The van der Waals surface area contributed by atoms with Crippen molar-refractivity contribution in [3.05, 3.63) is 23.3 Å². The van der Waals surface area contributed by atoms with E-state index < -0.39 is 0 Å². The average Bonchev–Trinajstić information content (AvgIpc) is 1.82. The van der Waals surface area contributed by atoms with Crippen LogP contribution in [-0.4, -0.2) is 17.7 Å². The van der Waals surface area contributed by atoms with E-state index in [1.165, 1.54) is 15.4 Å². The van der Waals surface area contributed by atoms with Gasteiger partial charge < -0.3 is 0 Å². The molecule has 0 saturated heterocycles. The molecule has 0 aliphatic rings. The number of hydrogen-bond acceptors (Lipinski definition) is 1. The normalized spacial score (nSPS) is 10.0. The minimum atomic E-state index is 0.922. The summed E-state index contributed by atoms with van der Waals surface area (Å²) >= 11 is 2.04. The fraction of sp³-hybridized carbons (Fsp3) is 0.250. The summed E-state index contributed by atoms with van der Waals surface area (Å²) in [5.41, 5.74) is 9.13. The molecule has 0 unspecified atom stereocenters. The summed E-state index contributed by atoms with van der Waals surface area (Å²) in [5, 5.41) is 0. The number of aryl methyl sites for hydroxylation is 2. The van der Waals surface area contributed by atoms with Crippen LogP contribution in [0.2, 0.25) is 0 Å². The van der Waals surface area contributed by atoms with Crippen molar-refractivity contribution in [2.75, 3.05) is 5.73 Å². The van der Waals surface area contributed by atoms with Gasteiger partial charge in [0.05, 0.1) is 0 Å². The molecular formula is C8H10LiN. The molecule has 10 heavy (non-hydrogen) atoms. The maximum absolute atomic E-state index is 5.75. The van der Waals surface area contributed by atoms with E-state index >= 15 is 0 Å². The summed E-state index contributed by atoms with van der Waals surface area (Å²) in [7, 11) is 0. The van der Waals surface area contributed by atoms with E-state index in [1.807, 2.05) is 24.6 Å². The molecule has 48 valence electrons. The minimum absolute atomic E-state index is 0.922. The number of nitrogen functional groups attached to an aromatic ring is 1. The van der Waals surface area contributed by atoms with E-state index in [0.717, 1.165) is 5.69 Å². The first-order valence-corrected chi connectivity index (χ1v) is 3.44. The van der Waals surface area contributed by atoms with Crippen LogP contribution < -0.4 is 9.97 Å². The zero-order valence-corrected chi connectivity index (χ0v) is 6.73. The molecule has 2 heteroatoms. The molecule has 2 N–H and O–H groups in total. The second-order valence-corrected chi connectivity index (χ2v) is 2.81. The van der Waals surface area contributed by atoms with Crippen LogP contribution in [0, 0.1) is 13.8 Å². The van der Waals surface area contributed by atoms with E-state index in [2.05, 4.69) is 19.1 Å². The Morgan fingerprint density at radius 1 is 1.30 bits per heavy atom. The molecular weight excluding hydrogens is 117 g/mol. The molecule has 0 aromatic heterocycles. The van der Waals surface area contributed by atoms with E-state index in [9.17, 15) is 0 Å². The van der Waals surface area contributed by atoms with Gasteiger partial charge in [0.1, 0.15) is 0 Å². The molecule has 0 radical (unpaired) electrons. The molecule has 0 amide bonds. The Hall–Kier alpha value is -0.383. The third-order valence-electron chi connectivity index (χ3n) is 1.74. The van der Waals surface area contributed by atoms with E-state index in [0.29, 0.717) is 0 Å². The molecule has 0 heterocycles. The van der Waals surface area contributed by atoms with Gasteiger partial charge in [-0.05, 0) is 0 Å². The van der Waals surface area contributed by atoms with Gasteiger partial charge in [0.2, 0.25) is 0 Å². The monoisotopic (exact) mass is 127 g/mol. The summed E-state index contributed by atoms with van der Waals surface area (Å²) < 4.78 is 1.18. The second-order valence-electron chi connectivity index (χ2n) is 2.81. The molecule has 1 nitrogen and oxygen atoms in total. The van der Waals surface area contributed by atoms with Gasteiger partial charge in [-0.2, -0.15) is 0 Å². The quantitative estimate of drug-likeness (QED) is 0.402. The van der Waals surface area contributed by atoms with Gasteiger partial charge >= 0.3 is 70.5 Å². The van der Waals surface area contributed by atoms with Gasteiger partial charge in [-0.15, -0.1) is 0 Å². The van der Waals surface area contributed by atoms with Crippen molar-refractivity contribution in [1.29, 1.82) is 0 Å². The first kappa shape index (κ1) is 7.72. The van der Waals surface area contributed by atoms with Gasteiger partial charge in [-0.3, -0.25) is 0 Å². The molecule has 0 atom stereocenters. The van der Waals surface area contributed by atoms with Gasteiger partial charge in [0, 0.05) is 0 Å². The molecule has 0 spiro atoms. The van der Waals surface area contributed by atoms with Gasteiger partial charge in [-0.25, -0.2) is 0 Å². The Morgan fingerprint density at radius 3 is 2.40 bits per heavy atom. The topological polar surface area (TPSA) is 26.0 Å². The molecule has 1 aromatic carbocycles. The van der Waals surface area contributed by atoms with Crippen molar-refractivity contribution >= 4 is 27.6 Å². The Kier molecular flexibility index (Phi) is 2.08. The number of nitrogens with two attached hydrogens (primary N) is 1. The van der Waals surface area contributed by atoms with Crippen molar-refractivity contribution in [3.8, 4) is 0 Å². The summed E-state index contributed by atoms with van der Waals surface area (Å²) in [4.78, 5) is 0. The zero-order chi connectivity index (χ0) is 7.72. The van der Waals surface area contributed by atoms with Crippen LogP contribution in [0.3, 0.4) is 0 Å². The molecule has 1 aromatic rings. The fourth-order valence-corrected chi connectivity index (χ4v) is 1.19. The van der Waals surface area contributed by atoms with Crippen LogP contribution in [0.5, 0.6) is 0 Å². The fourth-order valence-electron chi connectivity index (χ4n) is 1.19. The Labute approximate surface area is 70.8 Å². The standard InChI is InChI=1S/C8H10N.Li/c1-6-3-4-8(9)7(2)5-6;/h3,5H,9H2,1-2H3;. The van der Waals surface area contributed by atoms with Gasteiger partial charge in [-0.1, -0.05) is 0 Å². The molecule has 0 saturated carbocycles. The number of anilines is 1. The summed E-state index contributed by atoms with van der Waals surface area (Å²) in [6, 6.07) is 4.20. The third-order valence-corrected chi connectivity index (χ3v) is 1.74.